The molecule has 1 unspecified atom stereocenters. The van der Waals surface area contributed by atoms with Crippen LogP contribution in [0.4, 0.5) is 0 Å². The van der Waals surface area contributed by atoms with Crippen molar-refractivity contribution >= 4 is 11.7 Å². The second kappa shape index (κ2) is 5.29. The van der Waals surface area contributed by atoms with Gasteiger partial charge in [0, 0.05) is 6.54 Å². The highest BCUT2D eigenvalue weighted by molar-refractivity contribution is 5.99. The first-order chi connectivity index (χ1) is 7.11. The van der Waals surface area contributed by atoms with Crippen molar-refractivity contribution in [3.8, 4) is 0 Å². The molecule has 0 aromatic heterocycles. The third-order valence-corrected chi connectivity index (χ3v) is 2.31. The lowest BCUT2D eigenvalue weighted by Crippen LogP contribution is -2.32. The summed E-state index contributed by atoms with van der Waals surface area (Å²) >= 11 is 0. The van der Waals surface area contributed by atoms with Crippen molar-refractivity contribution in [1.82, 2.24) is 5.32 Å². The molecule has 1 amide bonds. The first-order valence-electron chi connectivity index (χ1n) is 4.93. The lowest BCUT2D eigenvalue weighted by Gasteiger charge is -2.08. The average molecular weight is 205 g/mol. The van der Waals surface area contributed by atoms with Crippen LogP contribution in [-0.2, 0) is 16.1 Å². The van der Waals surface area contributed by atoms with Crippen LogP contribution < -0.4 is 5.32 Å². The molecule has 0 aliphatic heterocycles. The van der Waals surface area contributed by atoms with Crippen molar-refractivity contribution in [2.75, 3.05) is 0 Å². The molecule has 0 heterocycles. The number of carbonyl (C=O) groups excluding carboxylic acids is 2. The minimum Gasteiger partial charge on any atom is -0.351 e. The zero-order valence-corrected chi connectivity index (χ0v) is 8.99. The van der Waals surface area contributed by atoms with Gasteiger partial charge >= 0.3 is 0 Å². The molecular formula is C12H15NO2. The van der Waals surface area contributed by atoms with Gasteiger partial charge in [-0.1, -0.05) is 30.3 Å². The Morgan fingerprint density at radius 2 is 1.87 bits per heavy atom. The van der Waals surface area contributed by atoms with Crippen LogP contribution in [0.2, 0.25) is 0 Å². The summed E-state index contributed by atoms with van der Waals surface area (Å²) in [5, 5.41) is 2.72. The Kier molecular flexibility index (Phi) is 4.03. The first kappa shape index (κ1) is 11.4. The molecule has 3 nitrogen and oxygen atoms in total. The molecule has 1 aromatic carbocycles. The van der Waals surface area contributed by atoms with E-state index in [4.69, 9.17) is 0 Å². The standard InChI is InChI=1S/C12H15NO2/c1-9(10(2)14)12(15)13-8-11-6-4-3-5-7-11/h3-7,9H,8H2,1-2H3,(H,13,15). The number of benzene rings is 1. The van der Waals surface area contributed by atoms with Crippen LogP contribution in [-0.4, -0.2) is 11.7 Å². The molecule has 1 aromatic rings. The van der Waals surface area contributed by atoms with Crippen molar-refractivity contribution < 1.29 is 9.59 Å². The first-order valence-corrected chi connectivity index (χ1v) is 4.93. The van der Waals surface area contributed by atoms with E-state index < -0.39 is 5.92 Å². The lowest BCUT2D eigenvalue weighted by molar-refractivity contribution is -0.132. The molecule has 1 rings (SSSR count). The molecule has 80 valence electrons. The van der Waals surface area contributed by atoms with Crippen LogP contribution in [0.15, 0.2) is 30.3 Å². The Bertz CT molecular complexity index is 346. The SMILES string of the molecule is CC(=O)C(C)C(=O)NCc1ccccc1. The van der Waals surface area contributed by atoms with E-state index in [1.54, 1.807) is 6.92 Å². The maximum absolute atomic E-state index is 11.4. The number of hydrogen-bond acceptors (Lipinski definition) is 2. The molecule has 0 radical (unpaired) electrons. The van der Waals surface area contributed by atoms with E-state index in [1.807, 2.05) is 30.3 Å². The van der Waals surface area contributed by atoms with Crippen molar-refractivity contribution in [2.45, 2.75) is 20.4 Å². The third-order valence-electron chi connectivity index (χ3n) is 2.31. The van der Waals surface area contributed by atoms with E-state index in [9.17, 15) is 9.59 Å². The Labute approximate surface area is 89.5 Å². The van der Waals surface area contributed by atoms with Gasteiger partial charge in [-0.15, -0.1) is 0 Å². The minimum absolute atomic E-state index is 0.111. The summed E-state index contributed by atoms with van der Waals surface area (Å²) in [7, 11) is 0. The maximum Gasteiger partial charge on any atom is 0.230 e. The van der Waals surface area contributed by atoms with Gasteiger partial charge in [0.25, 0.3) is 0 Å². The van der Waals surface area contributed by atoms with E-state index in [2.05, 4.69) is 5.32 Å². The summed E-state index contributed by atoms with van der Waals surface area (Å²) in [5.41, 5.74) is 1.03. The van der Waals surface area contributed by atoms with Gasteiger partial charge in [0.1, 0.15) is 5.78 Å². The van der Waals surface area contributed by atoms with Gasteiger partial charge in [-0.2, -0.15) is 0 Å². The number of nitrogens with one attached hydrogen (secondary N) is 1. The van der Waals surface area contributed by atoms with Crippen molar-refractivity contribution in [2.24, 2.45) is 5.92 Å². The molecule has 0 saturated heterocycles. The molecule has 3 heteroatoms. The van der Waals surface area contributed by atoms with Crippen LogP contribution in [0.25, 0.3) is 0 Å². The molecule has 1 N–H and O–H groups in total. The van der Waals surface area contributed by atoms with Crippen LogP contribution >= 0.6 is 0 Å². The number of ketones is 1. The summed E-state index contributed by atoms with van der Waals surface area (Å²) in [6.07, 6.45) is 0. The maximum atomic E-state index is 11.4. The zero-order chi connectivity index (χ0) is 11.3. The topological polar surface area (TPSA) is 46.2 Å². The fraction of sp³-hybridized carbons (Fsp3) is 0.333. The van der Waals surface area contributed by atoms with Crippen LogP contribution in [0.3, 0.4) is 0 Å². The number of hydrogen-bond donors (Lipinski definition) is 1. The quantitative estimate of drug-likeness (QED) is 0.758. The molecule has 0 bridgehead atoms. The third kappa shape index (κ3) is 3.54. The Morgan fingerprint density at radius 1 is 1.27 bits per heavy atom. The predicted molar refractivity (Wildman–Crippen MR) is 58.1 cm³/mol. The number of amides is 1. The average Bonchev–Trinajstić information content (AvgIpc) is 2.26. The van der Waals surface area contributed by atoms with Crippen LogP contribution in [0, 0.1) is 5.92 Å². The largest absolute Gasteiger partial charge is 0.351 e. The molecular weight excluding hydrogens is 190 g/mol. The summed E-state index contributed by atoms with van der Waals surface area (Å²) < 4.78 is 0. The smallest absolute Gasteiger partial charge is 0.230 e. The fourth-order valence-corrected chi connectivity index (χ4v) is 1.12. The Morgan fingerprint density at radius 3 is 2.40 bits per heavy atom. The number of rotatable bonds is 4. The lowest BCUT2D eigenvalue weighted by atomic mass is 10.1. The van der Waals surface area contributed by atoms with Crippen LogP contribution in [0.5, 0.6) is 0 Å². The molecule has 0 spiro atoms. The van der Waals surface area contributed by atoms with E-state index in [0.717, 1.165) is 5.56 Å². The van der Waals surface area contributed by atoms with E-state index in [-0.39, 0.29) is 11.7 Å². The monoisotopic (exact) mass is 205 g/mol. The van der Waals surface area contributed by atoms with Gasteiger partial charge in [0.2, 0.25) is 5.91 Å². The van der Waals surface area contributed by atoms with E-state index in [1.165, 1.54) is 6.92 Å². The van der Waals surface area contributed by atoms with Gasteiger partial charge in [-0.3, -0.25) is 9.59 Å². The van der Waals surface area contributed by atoms with Gasteiger partial charge < -0.3 is 5.32 Å². The highest BCUT2D eigenvalue weighted by Gasteiger charge is 2.16. The van der Waals surface area contributed by atoms with Crippen molar-refractivity contribution in [1.29, 1.82) is 0 Å². The summed E-state index contributed by atoms with van der Waals surface area (Å²) in [5.74, 6) is -0.888. The Balaban J connectivity index is 2.44. The van der Waals surface area contributed by atoms with Crippen molar-refractivity contribution in [3.05, 3.63) is 35.9 Å². The summed E-state index contributed by atoms with van der Waals surface area (Å²) in [6, 6.07) is 9.60. The summed E-state index contributed by atoms with van der Waals surface area (Å²) in [6.45, 7) is 3.51. The predicted octanol–water partition coefficient (Wildman–Crippen LogP) is 1.53. The molecule has 0 fully saturated rings. The molecule has 0 aliphatic carbocycles. The second-order valence-corrected chi connectivity index (χ2v) is 3.54. The minimum atomic E-state index is -0.561. The molecule has 15 heavy (non-hydrogen) atoms. The highest BCUT2D eigenvalue weighted by Crippen LogP contribution is 2.00. The molecule has 0 aliphatic rings. The molecule has 1 atom stereocenters. The van der Waals surface area contributed by atoms with Crippen LogP contribution in [0.1, 0.15) is 19.4 Å². The van der Waals surface area contributed by atoms with E-state index >= 15 is 0 Å². The van der Waals surface area contributed by atoms with E-state index in [0.29, 0.717) is 6.54 Å². The normalized spacial score (nSPS) is 11.9. The zero-order valence-electron chi connectivity index (χ0n) is 8.99. The highest BCUT2D eigenvalue weighted by atomic mass is 16.2. The van der Waals surface area contributed by atoms with Gasteiger partial charge in [0.05, 0.1) is 5.92 Å². The Hall–Kier alpha value is -1.64. The summed E-state index contributed by atoms with van der Waals surface area (Å²) in [4.78, 5) is 22.4. The van der Waals surface area contributed by atoms with Crippen molar-refractivity contribution in [3.63, 3.8) is 0 Å². The number of Topliss-reactive ketones (excluding diaryl/α,β-unsaturated/α-hetero) is 1. The van der Waals surface area contributed by atoms with Gasteiger partial charge in [-0.25, -0.2) is 0 Å². The van der Waals surface area contributed by atoms with Gasteiger partial charge in [-0.05, 0) is 19.4 Å². The fourth-order valence-electron chi connectivity index (χ4n) is 1.12. The second-order valence-electron chi connectivity index (χ2n) is 3.54. The van der Waals surface area contributed by atoms with Gasteiger partial charge in [0.15, 0.2) is 0 Å². The molecule has 0 saturated carbocycles. The number of carbonyl (C=O) groups is 2.